The van der Waals surface area contributed by atoms with E-state index in [1.165, 1.54) is 0 Å². The molecule has 0 aromatic carbocycles. The Bertz CT molecular complexity index is 116. The van der Waals surface area contributed by atoms with Gasteiger partial charge in [0.05, 0.1) is 10.2 Å². The summed E-state index contributed by atoms with van der Waals surface area (Å²) in [5, 5.41) is 9.06. The van der Waals surface area contributed by atoms with E-state index in [-0.39, 0.29) is 12.8 Å². The number of ether oxygens (including phenoxy) is 1. The smallest absolute Gasteiger partial charge is 0.0602 e. The topological polar surface area (TPSA) is 29.5 Å². The van der Waals surface area contributed by atoms with Crippen LogP contribution in [0.4, 0.5) is 0 Å². The zero-order valence-corrected chi connectivity index (χ0v) is 3.92. The fourth-order valence-electron chi connectivity index (χ4n) is 0.440. The van der Waals surface area contributed by atoms with Gasteiger partial charge in [0.15, 0.2) is 0 Å². The van der Waals surface area contributed by atoms with Gasteiger partial charge in [-0.25, -0.2) is 0 Å². The van der Waals surface area contributed by atoms with Gasteiger partial charge in [-0.05, 0) is 12.8 Å². The van der Waals surface area contributed by atoms with Crippen LogP contribution in [0, 0.1) is 0 Å². The first-order chi connectivity index (χ1) is 4.49. The van der Waals surface area contributed by atoms with Crippen molar-refractivity contribution in [3.8, 4) is 0 Å². The molecule has 0 aliphatic carbocycles. The second-order valence-electron chi connectivity index (χ2n) is 1.44. The van der Waals surface area contributed by atoms with Gasteiger partial charge in [0, 0.05) is 13.2 Å². The van der Waals surface area contributed by atoms with Crippen molar-refractivity contribution in [1.82, 2.24) is 0 Å². The van der Waals surface area contributed by atoms with E-state index in [1.54, 1.807) is 0 Å². The maximum Gasteiger partial charge on any atom is 0.0602 e. The van der Waals surface area contributed by atoms with Crippen molar-refractivity contribution < 1.29 is 14.0 Å². The van der Waals surface area contributed by atoms with E-state index < -0.39 is 19.2 Å². The Kier molecular flexibility index (Phi) is 0.804. The molecule has 1 fully saturated rings. The van der Waals surface area contributed by atoms with Crippen LogP contribution in [-0.2, 0) is 4.74 Å². The van der Waals surface area contributed by atoms with Crippen molar-refractivity contribution >= 4 is 0 Å². The minimum absolute atomic E-state index is 0.0254. The third-order valence-electron chi connectivity index (χ3n) is 0.830. The third kappa shape index (κ3) is 1.45. The molecule has 7 heavy (non-hydrogen) atoms. The molecular formula is C5H10O2. The molecule has 0 radical (unpaired) electrons. The first kappa shape index (κ1) is 2.46. The summed E-state index contributed by atoms with van der Waals surface area (Å²) in [7, 11) is 0. The van der Waals surface area contributed by atoms with Crippen LogP contribution in [0.1, 0.15) is 17.0 Å². The van der Waals surface area contributed by atoms with E-state index in [1.807, 2.05) is 0 Å². The summed E-state index contributed by atoms with van der Waals surface area (Å²) < 4.78 is 25.9. The molecule has 0 bridgehead atoms. The molecule has 2 heteroatoms. The molecule has 0 spiro atoms. The van der Waals surface area contributed by atoms with Crippen molar-refractivity contribution in [2.24, 2.45) is 0 Å². The fourth-order valence-corrected chi connectivity index (χ4v) is 0.440. The van der Waals surface area contributed by atoms with Gasteiger partial charge in [0.2, 0.25) is 0 Å². The van der Waals surface area contributed by atoms with Crippen LogP contribution >= 0.6 is 0 Å². The highest BCUT2D eigenvalue weighted by atomic mass is 16.5. The van der Waals surface area contributed by atoms with Crippen LogP contribution in [0.3, 0.4) is 0 Å². The fraction of sp³-hybridized carbons (Fsp3) is 1.00. The van der Waals surface area contributed by atoms with E-state index >= 15 is 0 Å². The van der Waals surface area contributed by atoms with Crippen LogP contribution in [0.25, 0.3) is 0 Å². The van der Waals surface area contributed by atoms with Gasteiger partial charge in [0.1, 0.15) is 0 Å². The van der Waals surface area contributed by atoms with Gasteiger partial charge in [-0.15, -0.1) is 0 Å². The van der Waals surface area contributed by atoms with Crippen molar-refractivity contribution in [1.29, 1.82) is 0 Å². The van der Waals surface area contributed by atoms with Crippen LogP contribution in [0.2, 0.25) is 0 Å². The highest BCUT2D eigenvalue weighted by Crippen LogP contribution is 2.03. The first-order valence-corrected chi connectivity index (χ1v) is 2.22. The molecule has 0 aromatic heterocycles. The lowest BCUT2D eigenvalue weighted by Gasteiger charge is -2.15. The van der Waals surface area contributed by atoms with Gasteiger partial charge in [-0.3, -0.25) is 0 Å². The summed E-state index contributed by atoms with van der Waals surface area (Å²) in [6.07, 6.45) is -1.68. The molecule has 1 saturated heterocycles. The van der Waals surface area contributed by atoms with Gasteiger partial charge >= 0.3 is 0 Å². The maximum absolute atomic E-state index is 9.06. The summed E-state index contributed by atoms with van der Waals surface area (Å²) in [4.78, 5) is 0. The lowest BCUT2D eigenvalue weighted by molar-refractivity contribution is 0.0140. The second kappa shape index (κ2) is 2.28. The van der Waals surface area contributed by atoms with Crippen molar-refractivity contribution in [3.63, 3.8) is 0 Å². The molecule has 1 aliphatic rings. The number of hydrogen-bond donors (Lipinski definition) is 1. The zero-order chi connectivity index (χ0) is 7.78. The molecular weight excluding hydrogens is 92.1 g/mol. The predicted octanol–water partition coefficient (Wildman–Crippen LogP) is 0.158. The molecule has 0 aromatic rings. The Morgan fingerprint density at radius 1 is 1.71 bits per heavy atom. The molecule has 1 N–H and O–H groups in total. The summed E-state index contributed by atoms with van der Waals surface area (Å²) in [5.41, 5.74) is 0. The van der Waals surface area contributed by atoms with E-state index in [0.29, 0.717) is 0 Å². The summed E-state index contributed by atoms with van der Waals surface area (Å²) >= 11 is 0. The lowest BCUT2D eigenvalue weighted by Crippen LogP contribution is -2.19. The molecule has 0 saturated carbocycles. The Hall–Kier alpha value is -0.0800. The largest absolute Gasteiger partial charge is 0.393 e. The van der Waals surface area contributed by atoms with E-state index in [2.05, 4.69) is 4.74 Å². The second-order valence-corrected chi connectivity index (χ2v) is 1.44. The molecule has 2 atom stereocenters. The third-order valence-corrected chi connectivity index (χ3v) is 0.830. The molecule has 0 amide bonds. The van der Waals surface area contributed by atoms with Crippen molar-refractivity contribution in [2.75, 3.05) is 13.2 Å². The Morgan fingerprint density at radius 2 is 2.29 bits per heavy atom. The normalized spacial score (nSPS) is 70.7. The first-order valence-electron chi connectivity index (χ1n) is 3.87. The Labute approximate surface area is 47.3 Å². The average molecular weight is 105 g/mol. The summed E-state index contributed by atoms with van der Waals surface area (Å²) in [6.45, 7) is -1.84. The van der Waals surface area contributed by atoms with E-state index in [9.17, 15) is 0 Å². The van der Waals surface area contributed by atoms with Gasteiger partial charge in [-0.1, -0.05) is 0 Å². The quantitative estimate of drug-likeness (QED) is 0.475. The average Bonchev–Trinajstić information content (AvgIpc) is 1.54. The standard InChI is InChI=1S/C5H10O2/c6-5-1-3-7-4-2-5/h5-6H,1-4H2/i3D,4D,5D. The molecule has 42 valence electrons. The molecule has 1 aliphatic heterocycles. The van der Waals surface area contributed by atoms with Crippen LogP contribution in [0.5, 0.6) is 0 Å². The summed E-state index contributed by atoms with van der Waals surface area (Å²) in [6, 6.07) is 0. The van der Waals surface area contributed by atoms with E-state index in [0.717, 1.165) is 0 Å². The minimum atomic E-state index is -1.63. The number of hydrogen-bond acceptors (Lipinski definition) is 2. The van der Waals surface area contributed by atoms with Crippen molar-refractivity contribution in [2.45, 2.75) is 18.9 Å². The molecule has 1 rings (SSSR count). The SMILES string of the molecule is [2H]C1CC([2H])(O)CC([2H])O1. The molecule has 2 unspecified atom stereocenters. The van der Waals surface area contributed by atoms with Crippen molar-refractivity contribution in [3.05, 3.63) is 0 Å². The monoisotopic (exact) mass is 105 g/mol. The van der Waals surface area contributed by atoms with Gasteiger partial charge in [-0.2, -0.15) is 0 Å². The van der Waals surface area contributed by atoms with Crippen LogP contribution in [0.15, 0.2) is 0 Å². The maximum atomic E-state index is 9.06. The molecule has 1 heterocycles. The van der Waals surface area contributed by atoms with Crippen LogP contribution < -0.4 is 0 Å². The highest BCUT2D eigenvalue weighted by Gasteiger charge is 2.07. The zero-order valence-electron chi connectivity index (χ0n) is 6.92. The van der Waals surface area contributed by atoms with Gasteiger partial charge < -0.3 is 9.84 Å². The highest BCUT2D eigenvalue weighted by molar-refractivity contribution is 4.58. The Balaban J connectivity index is 2.51. The number of rotatable bonds is 0. The predicted molar refractivity (Wildman–Crippen MR) is 26.1 cm³/mol. The number of aliphatic hydroxyl groups is 1. The van der Waals surface area contributed by atoms with Crippen LogP contribution in [-0.4, -0.2) is 24.4 Å². The Morgan fingerprint density at radius 3 is 2.71 bits per heavy atom. The lowest BCUT2D eigenvalue weighted by atomic mass is 10.2. The summed E-state index contributed by atoms with van der Waals surface area (Å²) in [5.74, 6) is 0. The van der Waals surface area contributed by atoms with E-state index in [4.69, 9.17) is 9.22 Å². The van der Waals surface area contributed by atoms with Gasteiger partial charge in [0.25, 0.3) is 0 Å². The molecule has 2 nitrogen and oxygen atoms in total. The minimum Gasteiger partial charge on any atom is -0.393 e.